The Morgan fingerprint density at radius 2 is 2.00 bits per heavy atom. The molecule has 2 heterocycles. The highest BCUT2D eigenvalue weighted by Gasteiger charge is 2.19. The second-order valence-corrected chi connectivity index (χ2v) is 8.58. The normalized spacial score (nSPS) is 10.7. The second kappa shape index (κ2) is 10.4. The number of hydrogen-bond acceptors (Lipinski definition) is 6. The van der Waals surface area contributed by atoms with Gasteiger partial charge in [0.05, 0.1) is 27.4 Å². The van der Waals surface area contributed by atoms with E-state index in [0.717, 1.165) is 5.56 Å². The summed E-state index contributed by atoms with van der Waals surface area (Å²) in [6.45, 7) is 4.22. The Balaban J connectivity index is 1.85. The summed E-state index contributed by atoms with van der Waals surface area (Å²) in [6, 6.07) is 13.6. The van der Waals surface area contributed by atoms with Crippen LogP contribution in [0.2, 0.25) is 5.02 Å². The minimum absolute atomic E-state index is 0.0531. The largest absolute Gasteiger partial charge is 0.381 e. The van der Waals surface area contributed by atoms with Crippen LogP contribution < -0.4 is 16.0 Å². The Labute approximate surface area is 207 Å². The maximum atomic E-state index is 13.7. The van der Waals surface area contributed by atoms with Crippen LogP contribution >= 0.6 is 11.6 Å². The molecule has 3 N–H and O–H groups in total. The number of fused-ring (bicyclic) bond motifs is 1. The first-order valence-corrected chi connectivity index (χ1v) is 11.3. The van der Waals surface area contributed by atoms with Gasteiger partial charge in [-0.3, -0.25) is 14.8 Å². The lowest BCUT2D eigenvalue weighted by atomic mass is 10.0. The fourth-order valence-electron chi connectivity index (χ4n) is 3.56. The van der Waals surface area contributed by atoms with E-state index >= 15 is 0 Å². The van der Waals surface area contributed by atoms with E-state index < -0.39 is 5.82 Å². The lowest BCUT2D eigenvalue weighted by Crippen LogP contribution is -2.30. The zero-order chi connectivity index (χ0) is 24.9. The van der Waals surface area contributed by atoms with Gasteiger partial charge in [-0.25, -0.2) is 4.39 Å². The molecular weight excluding hydrogens is 467 g/mol. The van der Waals surface area contributed by atoms with Gasteiger partial charge in [0.1, 0.15) is 11.9 Å². The van der Waals surface area contributed by atoms with Crippen LogP contribution in [0.5, 0.6) is 0 Å². The van der Waals surface area contributed by atoms with E-state index in [1.165, 1.54) is 24.4 Å². The molecule has 0 unspecified atom stereocenters. The van der Waals surface area contributed by atoms with E-state index in [1.54, 1.807) is 18.5 Å². The SMILES string of the molecule is CC(C)NC(=O)c1cc(NCc2cccnc2)cc2c(Nc3ccc(F)c(Cl)c3)c(C#N)cnc12. The van der Waals surface area contributed by atoms with E-state index in [0.29, 0.717) is 40.1 Å². The molecule has 0 aliphatic carbocycles. The van der Waals surface area contributed by atoms with Gasteiger partial charge in [0.25, 0.3) is 5.91 Å². The van der Waals surface area contributed by atoms with Crippen molar-refractivity contribution < 1.29 is 9.18 Å². The van der Waals surface area contributed by atoms with Crippen LogP contribution in [0.25, 0.3) is 10.9 Å². The summed E-state index contributed by atoms with van der Waals surface area (Å²) in [5.41, 5.74) is 3.58. The number of aromatic nitrogens is 2. The van der Waals surface area contributed by atoms with Crippen LogP contribution in [0.4, 0.5) is 21.5 Å². The summed E-state index contributed by atoms with van der Waals surface area (Å²) in [5.74, 6) is -0.838. The van der Waals surface area contributed by atoms with Gasteiger partial charge < -0.3 is 16.0 Å². The van der Waals surface area contributed by atoms with Crippen LogP contribution in [0.1, 0.15) is 35.3 Å². The minimum Gasteiger partial charge on any atom is -0.381 e. The smallest absolute Gasteiger partial charge is 0.253 e. The number of nitriles is 1. The second-order valence-electron chi connectivity index (χ2n) is 8.18. The Kier molecular flexibility index (Phi) is 7.09. The molecule has 0 aliphatic rings. The zero-order valence-corrected chi connectivity index (χ0v) is 19.8. The van der Waals surface area contributed by atoms with Gasteiger partial charge in [-0.15, -0.1) is 0 Å². The Bertz CT molecular complexity index is 1440. The van der Waals surface area contributed by atoms with Crippen LogP contribution in [0.15, 0.2) is 61.1 Å². The van der Waals surface area contributed by atoms with Crippen molar-refractivity contribution in [2.24, 2.45) is 0 Å². The van der Waals surface area contributed by atoms with E-state index in [9.17, 15) is 14.4 Å². The number of rotatable bonds is 7. The van der Waals surface area contributed by atoms with Crippen molar-refractivity contribution in [1.82, 2.24) is 15.3 Å². The van der Waals surface area contributed by atoms with E-state index in [-0.39, 0.29) is 22.5 Å². The maximum Gasteiger partial charge on any atom is 0.253 e. The highest BCUT2D eigenvalue weighted by atomic mass is 35.5. The summed E-state index contributed by atoms with van der Waals surface area (Å²) < 4.78 is 13.7. The molecule has 0 spiro atoms. The molecule has 0 aliphatic heterocycles. The van der Waals surface area contributed by atoms with Gasteiger partial charge in [0.2, 0.25) is 0 Å². The van der Waals surface area contributed by atoms with Gasteiger partial charge in [-0.1, -0.05) is 17.7 Å². The van der Waals surface area contributed by atoms with Gasteiger partial charge in [0, 0.05) is 47.9 Å². The number of benzene rings is 2. The molecule has 0 saturated carbocycles. The average Bonchev–Trinajstić information content (AvgIpc) is 2.85. The molecule has 4 aromatic rings. The Morgan fingerprint density at radius 1 is 1.17 bits per heavy atom. The number of amides is 1. The predicted molar refractivity (Wildman–Crippen MR) is 135 cm³/mol. The molecule has 0 fully saturated rings. The summed E-state index contributed by atoms with van der Waals surface area (Å²) in [7, 11) is 0. The summed E-state index contributed by atoms with van der Waals surface area (Å²) in [4.78, 5) is 21.6. The van der Waals surface area contributed by atoms with Gasteiger partial charge in [-0.05, 0) is 55.8 Å². The third-order valence-electron chi connectivity index (χ3n) is 5.16. The quantitative estimate of drug-likeness (QED) is 0.304. The van der Waals surface area contributed by atoms with Crippen molar-refractivity contribution in [3.8, 4) is 6.07 Å². The average molecular weight is 489 g/mol. The highest BCUT2D eigenvalue weighted by Crippen LogP contribution is 2.34. The molecular formula is C26H22ClFN6O. The summed E-state index contributed by atoms with van der Waals surface area (Å²) in [5, 5.41) is 19.6. The summed E-state index contributed by atoms with van der Waals surface area (Å²) in [6.07, 6.45) is 4.86. The number of hydrogen-bond donors (Lipinski definition) is 3. The fourth-order valence-corrected chi connectivity index (χ4v) is 3.74. The van der Waals surface area contributed by atoms with Crippen molar-refractivity contribution in [1.29, 1.82) is 5.26 Å². The fraction of sp³-hybridized carbons (Fsp3) is 0.154. The topological polar surface area (TPSA) is 103 Å². The third-order valence-corrected chi connectivity index (χ3v) is 5.45. The molecule has 35 heavy (non-hydrogen) atoms. The molecule has 0 radical (unpaired) electrons. The number of pyridine rings is 2. The predicted octanol–water partition coefficient (Wildman–Crippen LogP) is 5.79. The van der Waals surface area contributed by atoms with E-state index in [2.05, 4.69) is 32.0 Å². The van der Waals surface area contributed by atoms with Crippen molar-refractivity contribution in [2.75, 3.05) is 10.6 Å². The first-order chi connectivity index (χ1) is 16.9. The van der Waals surface area contributed by atoms with Crippen molar-refractivity contribution >= 4 is 45.5 Å². The first kappa shape index (κ1) is 23.9. The molecule has 2 aromatic carbocycles. The molecule has 9 heteroatoms. The number of anilines is 3. The molecule has 2 aromatic heterocycles. The van der Waals surface area contributed by atoms with Crippen molar-refractivity contribution in [3.63, 3.8) is 0 Å². The molecule has 0 bridgehead atoms. The standard InChI is InChI=1S/C26H22ClFN6O/c1-15(2)33-26(35)21-9-19(31-13-16-4-3-7-30-12-16)8-20-24(17(11-29)14-32-25(20)21)34-18-5-6-23(28)22(27)10-18/h3-10,12,14-15,31H,13H2,1-2H3,(H,32,34)(H,33,35). The van der Waals surface area contributed by atoms with Crippen molar-refractivity contribution in [2.45, 2.75) is 26.4 Å². The van der Waals surface area contributed by atoms with Crippen LogP contribution in [0, 0.1) is 17.1 Å². The van der Waals surface area contributed by atoms with Gasteiger partial charge >= 0.3 is 0 Å². The Morgan fingerprint density at radius 3 is 2.69 bits per heavy atom. The van der Waals surface area contributed by atoms with Gasteiger partial charge in [0.15, 0.2) is 0 Å². The number of nitrogens with one attached hydrogen (secondary N) is 3. The van der Waals surface area contributed by atoms with E-state index in [4.69, 9.17) is 11.6 Å². The van der Waals surface area contributed by atoms with E-state index in [1.807, 2.05) is 32.0 Å². The number of carbonyl (C=O) groups is 1. The number of carbonyl (C=O) groups excluding carboxylic acids is 1. The molecule has 0 atom stereocenters. The lowest BCUT2D eigenvalue weighted by Gasteiger charge is -2.17. The number of halogens is 2. The van der Waals surface area contributed by atoms with Crippen LogP contribution in [0.3, 0.4) is 0 Å². The van der Waals surface area contributed by atoms with Gasteiger partial charge in [-0.2, -0.15) is 5.26 Å². The minimum atomic E-state index is -0.549. The molecule has 4 rings (SSSR count). The first-order valence-electron chi connectivity index (χ1n) is 10.9. The van der Waals surface area contributed by atoms with Crippen LogP contribution in [-0.4, -0.2) is 21.9 Å². The molecule has 176 valence electrons. The summed E-state index contributed by atoms with van der Waals surface area (Å²) >= 11 is 5.95. The monoisotopic (exact) mass is 488 g/mol. The van der Waals surface area contributed by atoms with Crippen molar-refractivity contribution in [3.05, 3.63) is 88.6 Å². The molecule has 7 nitrogen and oxygen atoms in total. The Hall–Kier alpha value is -4.22. The van der Waals surface area contributed by atoms with Crippen LogP contribution in [-0.2, 0) is 6.54 Å². The third kappa shape index (κ3) is 5.48. The maximum absolute atomic E-state index is 13.7. The number of nitrogens with zero attached hydrogens (tertiary/aromatic N) is 3. The zero-order valence-electron chi connectivity index (χ0n) is 19.1. The highest BCUT2D eigenvalue weighted by molar-refractivity contribution is 6.31. The lowest BCUT2D eigenvalue weighted by molar-refractivity contribution is 0.0944. The molecule has 0 saturated heterocycles. The molecule has 1 amide bonds.